The Hall–Kier alpha value is -1.65. The van der Waals surface area contributed by atoms with Crippen molar-refractivity contribution in [2.24, 2.45) is 5.92 Å². The maximum atomic E-state index is 9.70. The van der Waals surface area contributed by atoms with Gasteiger partial charge >= 0.3 is 0 Å². The molecule has 112 valence electrons. The monoisotopic (exact) mass is 285 g/mol. The lowest BCUT2D eigenvalue weighted by Gasteiger charge is -2.18. The van der Waals surface area contributed by atoms with Crippen molar-refractivity contribution in [1.29, 1.82) is 0 Å². The number of aliphatic hydroxyl groups is 1. The minimum atomic E-state index is -0.209. The Morgan fingerprint density at radius 3 is 2.81 bits per heavy atom. The molecule has 4 nitrogen and oxygen atoms in total. The van der Waals surface area contributed by atoms with Gasteiger partial charge in [0, 0.05) is 25.5 Å². The zero-order valence-corrected chi connectivity index (χ0v) is 12.5. The molecule has 0 amide bonds. The molecule has 1 aromatic heterocycles. The molecule has 0 bridgehead atoms. The Balaban J connectivity index is 1.64. The number of likely N-dealkylation sites (tertiary alicyclic amines) is 1. The van der Waals surface area contributed by atoms with Crippen LogP contribution in [0.25, 0.3) is 0 Å². The van der Waals surface area contributed by atoms with Gasteiger partial charge in [-0.25, -0.2) is 4.98 Å². The van der Waals surface area contributed by atoms with E-state index in [1.54, 1.807) is 0 Å². The largest absolute Gasteiger partial charge is 0.393 e. The average molecular weight is 285 g/mol. The van der Waals surface area contributed by atoms with Crippen molar-refractivity contribution in [3.8, 4) is 0 Å². The van der Waals surface area contributed by atoms with E-state index in [9.17, 15) is 5.11 Å². The third-order valence-electron chi connectivity index (χ3n) is 4.35. The molecule has 2 aromatic rings. The maximum absolute atomic E-state index is 9.70. The van der Waals surface area contributed by atoms with E-state index in [-0.39, 0.29) is 6.10 Å². The van der Waals surface area contributed by atoms with Gasteiger partial charge < -0.3 is 9.67 Å². The standard InChI is InChI=1S/C17H23N3O/c1-14(21)16-7-9-19(12-16)13-17-18-8-10-20(17)11-15-5-3-2-4-6-15/h2-6,8,10,14,16,21H,7,9,11-13H2,1H3. The summed E-state index contributed by atoms with van der Waals surface area (Å²) in [4.78, 5) is 6.89. The third-order valence-corrected chi connectivity index (χ3v) is 4.35. The zero-order valence-electron chi connectivity index (χ0n) is 12.5. The number of hydrogen-bond acceptors (Lipinski definition) is 3. The average Bonchev–Trinajstić information content (AvgIpc) is 3.11. The van der Waals surface area contributed by atoms with Crippen LogP contribution in [0.4, 0.5) is 0 Å². The Morgan fingerprint density at radius 2 is 2.10 bits per heavy atom. The molecule has 1 fully saturated rings. The van der Waals surface area contributed by atoms with Crippen LogP contribution in [0, 0.1) is 5.92 Å². The summed E-state index contributed by atoms with van der Waals surface area (Å²) in [5, 5.41) is 9.70. The van der Waals surface area contributed by atoms with Crippen molar-refractivity contribution in [3.63, 3.8) is 0 Å². The molecule has 4 heteroatoms. The highest BCUT2D eigenvalue weighted by atomic mass is 16.3. The van der Waals surface area contributed by atoms with Crippen LogP contribution in [0.3, 0.4) is 0 Å². The lowest BCUT2D eigenvalue weighted by molar-refractivity contribution is 0.126. The first-order valence-electron chi connectivity index (χ1n) is 7.67. The van der Waals surface area contributed by atoms with Crippen molar-refractivity contribution in [2.75, 3.05) is 13.1 Å². The van der Waals surface area contributed by atoms with Crippen LogP contribution in [0.1, 0.15) is 24.7 Å². The molecule has 1 saturated heterocycles. The lowest BCUT2D eigenvalue weighted by Crippen LogP contribution is -2.25. The van der Waals surface area contributed by atoms with Crippen LogP contribution >= 0.6 is 0 Å². The summed E-state index contributed by atoms with van der Waals surface area (Å²) in [5.74, 6) is 1.51. The number of aromatic nitrogens is 2. The van der Waals surface area contributed by atoms with Gasteiger partial charge in [-0.3, -0.25) is 4.90 Å². The van der Waals surface area contributed by atoms with Crippen molar-refractivity contribution in [2.45, 2.75) is 32.5 Å². The molecule has 0 aliphatic carbocycles. The first-order chi connectivity index (χ1) is 10.2. The fraction of sp³-hybridized carbons (Fsp3) is 0.471. The van der Waals surface area contributed by atoms with E-state index in [2.05, 4.69) is 38.7 Å². The molecular weight excluding hydrogens is 262 g/mol. The topological polar surface area (TPSA) is 41.3 Å². The van der Waals surface area contributed by atoms with Gasteiger partial charge in [-0.1, -0.05) is 30.3 Å². The molecule has 2 unspecified atom stereocenters. The molecule has 21 heavy (non-hydrogen) atoms. The normalized spacial score (nSPS) is 20.8. The Kier molecular flexibility index (Phi) is 4.36. The molecule has 1 aromatic carbocycles. The van der Waals surface area contributed by atoms with Crippen LogP contribution in [0.2, 0.25) is 0 Å². The van der Waals surface area contributed by atoms with Crippen molar-refractivity contribution in [1.82, 2.24) is 14.5 Å². The van der Waals surface area contributed by atoms with Gasteiger partial charge in [-0.15, -0.1) is 0 Å². The van der Waals surface area contributed by atoms with Crippen LogP contribution in [0.5, 0.6) is 0 Å². The smallest absolute Gasteiger partial charge is 0.123 e. The highest BCUT2D eigenvalue weighted by Crippen LogP contribution is 2.21. The number of benzene rings is 1. The highest BCUT2D eigenvalue weighted by Gasteiger charge is 2.26. The molecular formula is C17H23N3O. The predicted octanol–water partition coefficient (Wildman–Crippen LogP) is 2.13. The van der Waals surface area contributed by atoms with Gasteiger partial charge in [-0.05, 0) is 31.4 Å². The molecule has 0 radical (unpaired) electrons. The fourth-order valence-corrected chi connectivity index (χ4v) is 3.02. The second-order valence-corrected chi connectivity index (χ2v) is 5.98. The van der Waals surface area contributed by atoms with Crippen LogP contribution in [-0.2, 0) is 13.1 Å². The van der Waals surface area contributed by atoms with Crippen molar-refractivity contribution < 1.29 is 5.11 Å². The van der Waals surface area contributed by atoms with Gasteiger partial charge in [0.15, 0.2) is 0 Å². The van der Waals surface area contributed by atoms with Crippen molar-refractivity contribution in [3.05, 3.63) is 54.1 Å². The van der Waals surface area contributed by atoms with Crippen LogP contribution < -0.4 is 0 Å². The number of hydrogen-bond donors (Lipinski definition) is 1. The molecule has 1 aliphatic rings. The Labute approximate surface area is 126 Å². The molecule has 1 N–H and O–H groups in total. The lowest BCUT2D eigenvalue weighted by atomic mass is 10.0. The first-order valence-corrected chi connectivity index (χ1v) is 7.67. The van der Waals surface area contributed by atoms with E-state index in [0.717, 1.165) is 38.4 Å². The summed E-state index contributed by atoms with van der Waals surface area (Å²) in [6.45, 7) is 5.64. The number of aliphatic hydroxyl groups excluding tert-OH is 1. The molecule has 0 spiro atoms. The minimum absolute atomic E-state index is 0.209. The minimum Gasteiger partial charge on any atom is -0.393 e. The maximum Gasteiger partial charge on any atom is 0.123 e. The third kappa shape index (κ3) is 3.52. The van der Waals surface area contributed by atoms with E-state index >= 15 is 0 Å². The van der Waals surface area contributed by atoms with E-state index < -0.39 is 0 Å². The zero-order chi connectivity index (χ0) is 14.7. The van der Waals surface area contributed by atoms with Crippen LogP contribution in [-0.4, -0.2) is 38.8 Å². The van der Waals surface area contributed by atoms with Gasteiger partial charge in [-0.2, -0.15) is 0 Å². The molecule has 0 saturated carbocycles. The quantitative estimate of drug-likeness (QED) is 0.915. The number of imidazole rings is 1. The van der Waals surface area contributed by atoms with E-state index in [0.29, 0.717) is 5.92 Å². The van der Waals surface area contributed by atoms with Crippen LogP contribution in [0.15, 0.2) is 42.7 Å². The first kappa shape index (κ1) is 14.3. The summed E-state index contributed by atoms with van der Waals surface area (Å²) in [7, 11) is 0. The summed E-state index contributed by atoms with van der Waals surface area (Å²) in [6, 6.07) is 10.5. The molecule has 1 aliphatic heterocycles. The molecule has 2 heterocycles. The Bertz CT molecular complexity index is 564. The van der Waals surface area contributed by atoms with Crippen molar-refractivity contribution >= 4 is 0 Å². The highest BCUT2D eigenvalue weighted by molar-refractivity contribution is 5.15. The summed E-state index contributed by atoms with van der Waals surface area (Å²) in [5.41, 5.74) is 1.29. The summed E-state index contributed by atoms with van der Waals surface area (Å²) in [6.07, 6.45) is 4.79. The van der Waals surface area contributed by atoms with E-state index in [4.69, 9.17) is 0 Å². The number of nitrogens with zero attached hydrogens (tertiary/aromatic N) is 3. The number of rotatable bonds is 5. The van der Waals surface area contributed by atoms with E-state index in [1.165, 1.54) is 5.56 Å². The Morgan fingerprint density at radius 1 is 1.29 bits per heavy atom. The summed E-state index contributed by atoms with van der Waals surface area (Å²) < 4.78 is 2.21. The van der Waals surface area contributed by atoms with Gasteiger partial charge in [0.2, 0.25) is 0 Å². The predicted molar refractivity (Wildman–Crippen MR) is 82.8 cm³/mol. The summed E-state index contributed by atoms with van der Waals surface area (Å²) >= 11 is 0. The van der Waals surface area contributed by atoms with Gasteiger partial charge in [0.1, 0.15) is 5.82 Å². The molecule has 3 rings (SSSR count). The second-order valence-electron chi connectivity index (χ2n) is 5.98. The van der Waals surface area contributed by atoms with Gasteiger partial charge in [0.05, 0.1) is 12.6 Å². The van der Waals surface area contributed by atoms with Gasteiger partial charge in [0.25, 0.3) is 0 Å². The van der Waals surface area contributed by atoms with E-state index in [1.807, 2.05) is 25.4 Å². The molecule has 2 atom stereocenters. The fourth-order valence-electron chi connectivity index (χ4n) is 3.02. The SMILES string of the molecule is CC(O)C1CCN(Cc2nccn2Cc2ccccc2)C1. The second kappa shape index (κ2) is 6.41.